The van der Waals surface area contributed by atoms with Crippen molar-refractivity contribution in [1.29, 1.82) is 0 Å². The molecule has 4 rings (SSSR count). The number of hydrogen-bond acceptors (Lipinski definition) is 7. The van der Waals surface area contributed by atoms with E-state index in [1.807, 2.05) is 24.3 Å². The summed E-state index contributed by atoms with van der Waals surface area (Å²) < 4.78 is 35.0. The fraction of sp³-hybridized carbons (Fsp3) is 0.550. The molecule has 2 unspecified atom stereocenters. The van der Waals surface area contributed by atoms with Gasteiger partial charge in [0.25, 0.3) is 0 Å². The molecule has 8 heteroatoms. The Balaban J connectivity index is 1.48. The van der Waals surface area contributed by atoms with Gasteiger partial charge in [-0.2, -0.15) is 0 Å². The van der Waals surface area contributed by atoms with Gasteiger partial charge in [0.15, 0.2) is 9.84 Å². The summed E-state index contributed by atoms with van der Waals surface area (Å²) >= 11 is 1.62. The molecule has 2 aromatic rings. The van der Waals surface area contributed by atoms with Crippen LogP contribution in [0.25, 0.3) is 10.6 Å². The summed E-state index contributed by atoms with van der Waals surface area (Å²) in [6, 6.07) is 7.94. The monoisotopic (exact) mass is 422 g/mol. The average molecular weight is 423 g/mol. The molecule has 2 aliphatic heterocycles. The Morgan fingerprint density at radius 3 is 2.75 bits per heavy atom. The summed E-state index contributed by atoms with van der Waals surface area (Å²) in [6.07, 6.45) is 3.03. The van der Waals surface area contributed by atoms with E-state index in [9.17, 15) is 8.42 Å². The molecule has 2 atom stereocenters. The predicted molar refractivity (Wildman–Crippen MR) is 111 cm³/mol. The highest BCUT2D eigenvalue weighted by Gasteiger charge is 2.34. The number of ether oxygens (including phenoxy) is 2. The minimum absolute atomic E-state index is 0.0559. The zero-order valence-electron chi connectivity index (χ0n) is 16.0. The molecule has 2 fully saturated rings. The van der Waals surface area contributed by atoms with Gasteiger partial charge in [0.05, 0.1) is 30.4 Å². The van der Waals surface area contributed by atoms with E-state index in [-0.39, 0.29) is 23.7 Å². The molecule has 28 heavy (non-hydrogen) atoms. The number of rotatable bonds is 7. The molecule has 152 valence electrons. The first-order valence-electron chi connectivity index (χ1n) is 9.67. The average Bonchev–Trinajstić information content (AvgIpc) is 3.43. The molecular weight excluding hydrogens is 396 g/mol. The van der Waals surface area contributed by atoms with Crippen molar-refractivity contribution in [3.8, 4) is 16.3 Å². The summed E-state index contributed by atoms with van der Waals surface area (Å²) in [5, 5.41) is 3.04. The summed E-state index contributed by atoms with van der Waals surface area (Å²) in [4.78, 5) is 7.08. The van der Waals surface area contributed by atoms with E-state index < -0.39 is 9.84 Å². The van der Waals surface area contributed by atoms with Crippen LogP contribution in [0.4, 0.5) is 0 Å². The molecule has 0 saturated carbocycles. The van der Waals surface area contributed by atoms with Gasteiger partial charge in [0.1, 0.15) is 10.8 Å². The van der Waals surface area contributed by atoms with E-state index in [0.717, 1.165) is 48.0 Å². The summed E-state index contributed by atoms with van der Waals surface area (Å²) in [7, 11) is -1.27. The Kier molecular flexibility index (Phi) is 6.01. The number of thiazole rings is 1. The van der Waals surface area contributed by atoms with Gasteiger partial charge in [-0.3, -0.25) is 4.90 Å². The first-order valence-corrected chi connectivity index (χ1v) is 12.4. The van der Waals surface area contributed by atoms with Crippen molar-refractivity contribution < 1.29 is 17.9 Å². The van der Waals surface area contributed by atoms with Gasteiger partial charge in [-0.25, -0.2) is 13.4 Å². The lowest BCUT2D eigenvalue weighted by Gasteiger charge is -2.29. The molecule has 0 spiro atoms. The molecule has 2 aliphatic rings. The van der Waals surface area contributed by atoms with Crippen LogP contribution in [0.15, 0.2) is 29.6 Å². The Morgan fingerprint density at radius 2 is 2.11 bits per heavy atom. The smallest absolute Gasteiger partial charge is 0.151 e. The van der Waals surface area contributed by atoms with Crippen LogP contribution in [0, 0.1) is 0 Å². The normalized spacial score (nSPS) is 24.1. The Bertz CT molecular complexity index is 889. The molecule has 0 aliphatic carbocycles. The van der Waals surface area contributed by atoms with Crippen LogP contribution in [0.2, 0.25) is 0 Å². The number of methoxy groups -OCH3 is 1. The van der Waals surface area contributed by atoms with Crippen molar-refractivity contribution in [2.45, 2.75) is 38.0 Å². The molecule has 0 bridgehead atoms. The molecule has 0 amide bonds. The molecule has 6 nitrogen and oxygen atoms in total. The van der Waals surface area contributed by atoms with E-state index in [4.69, 9.17) is 14.5 Å². The van der Waals surface area contributed by atoms with Gasteiger partial charge in [0.2, 0.25) is 0 Å². The highest BCUT2D eigenvalue weighted by molar-refractivity contribution is 7.91. The minimum Gasteiger partial charge on any atom is -0.497 e. The van der Waals surface area contributed by atoms with Crippen LogP contribution in [0.3, 0.4) is 0 Å². The van der Waals surface area contributed by atoms with Crippen molar-refractivity contribution in [2.24, 2.45) is 0 Å². The fourth-order valence-electron chi connectivity index (χ4n) is 3.91. The number of nitrogens with zero attached hydrogens (tertiary/aromatic N) is 2. The zero-order chi connectivity index (χ0) is 19.6. The molecular formula is C20H26N2O4S2. The Morgan fingerprint density at radius 1 is 1.29 bits per heavy atom. The van der Waals surface area contributed by atoms with E-state index in [2.05, 4.69) is 10.3 Å². The zero-order valence-corrected chi connectivity index (χ0v) is 17.7. The van der Waals surface area contributed by atoms with Crippen LogP contribution in [0.1, 0.15) is 25.0 Å². The maximum atomic E-state index is 12.0. The lowest BCUT2D eigenvalue weighted by Crippen LogP contribution is -2.40. The van der Waals surface area contributed by atoms with Crippen molar-refractivity contribution in [3.05, 3.63) is 35.3 Å². The van der Waals surface area contributed by atoms with Gasteiger partial charge in [0, 0.05) is 36.7 Å². The topological polar surface area (TPSA) is 68.7 Å². The molecule has 1 aromatic carbocycles. The number of aromatic nitrogens is 1. The van der Waals surface area contributed by atoms with Gasteiger partial charge in [-0.05, 0) is 43.5 Å². The third-order valence-electron chi connectivity index (χ3n) is 5.44. The van der Waals surface area contributed by atoms with E-state index in [0.29, 0.717) is 13.0 Å². The Labute approximate surface area is 170 Å². The first kappa shape index (κ1) is 19.8. The van der Waals surface area contributed by atoms with Crippen LogP contribution >= 0.6 is 11.3 Å². The van der Waals surface area contributed by atoms with Gasteiger partial charge in [-0.1, -0.05) is 0 Å². The maximum absolute atomic E-state index is 12.0. The summed E-state index contributed by atoms with van der Waals surface area (Å²) in [5.74, 6) is 1.36. The molecule has 1 aromatic heterocycles. The number of benzene rings is 1. The lowest BCUT2D eigenvalue weighted by atomic mass is 10.1. The largest absolute Gasteiger partial charge is 0.497 e. The van der Waals surface area contributed by atoms with E-state index in [1.165, 1.54) is 0 Å². The molecule has 2 saturated heterocycles. The van der Waals surface area contributed by atoms with Crippen LogP contribution in [-0.2, 0) is 21.1 Å². The lowest BCUT2D eigenvalue weighted by molar-refractivity contribution is 0.0570. The van der Waals surface area contributed by atoms with Gasteiger partial charge < -0.3 is 9.47 Å². The maximum Gasteiger partial charge on any atom is 0.151 e. The SMILES string of the molecule is COc1ccc(-c2nc(CN(CC3CCCO3)C3CCS(=O)(=O)C3)cs2)cc1. The van der Waals surface area contributed by atoms with Gasteiger partial charge in [-0.15, -0.1) is 11.3 Å². The third kappa shape index (κ3) is 4.74. The molecule has 0 N–H and O–H groups in total. The van der Waals surface area contributed by atoms with E-state index in [1.54, 1.807) is 18.4 Å². The second-order valence-electron chi connectivity index (χ2n) is 7.49. The highest BCUT2D eigenvalue weighted by Crippen LogP contribution is 2.28. The second kappa shape index (κ2) is 8.49. The van der Waals surface area contributed by atoms with E-state index >= 15 is 0 Å². The second-order valence-corrected chi connectivity index (χ2v) is 10.6. The fourth-order valence-corrected chi connectivity index (χ4v) is 6.49. The quantitative estimate of drug-likeness (QED) is 0.683. The van der Waals surface area contributed by atoms with Crippen molar-refractivity contribution >= 4 is 21.2 Å². The first-order chi connectivity index (χ1) is 13.5. The van der Waals surface area contributed by atoms with Crippen molar-refractivity contribution in [3.63, 3.8) is 0 Å². The molecule has 3 heterocycles. The van der Waals surface area contributed by atoms with Crippen LogP contribution < -0.4 is 4.74 Å². The third-order valence-corrected chi connectivity index (χ3v) is 8.13. The minimum atomic E-state index is -2.92. The summed E-state index contributed by atoms with van der Waals surface area (Å²) in [5.41, 5.74) is 2.05. The molecule has 0 radical (unpaired) electrons. The van der Waals surface area contributed by atoms with Crippen LogP contribution in [-0.4, -0.2) is 62.2 Å². The summed E-state index contributed by atoms with van der Waals surface area (Å²) in [6.45, 7) is 2.24. The van der Waals surface area contributed by atoms with Crippen LogP contribution in [0.5, 0.6) is 5.75 Å². The van der Waals surface area contributed by atoms with Crippen molar-refractivity contribution in [2.75, 3.05) is 31.8 Å². The van der Waals surface area contributed by atoms with Crippen molar-refractivity contribution in [1.82, 2.24) is 9.88 Å². The predicted octanol–water partition coefficient (Wildman–Crippen LogP) is 2.99. The number of sulfone groups is 1. The Hall–Kier alpha value is -1.48. The standard InChI is InChI=1S/C20H26N2O4S2/c1-25-18-6-4-15(5-7-18)20-21-16(13-27-20)11-22(12-19-3-2-9-26-19)17-8-10-28(23,24)14-17/h4-7,13,17,19H,2-3,8-12,14H2,1H3. The van der Waals surface area contributed by atoms with Gasteiger partial charge >= 0.3 is 0 Å². The highest BCUT2D eigenvalue weighted by atomic mass is 32.2. The number of hydrogen-bond donors (Lipinski definition) is 0.